The monoisotopic (exact) mass is 359 g/mol. The highest BCUT2D eigenvalue weighted by atomic mass is 16.2. The van der Waals surface area contributed by atoms with Gasteiger partial charge in [0.25, 0.3) is 0 Å². The second kappa shape index (κ2) is 8.07. The SMILES string of the molecule is CN1CCCC(c2nnc3n2CCN(C(=O)CC2CCCCC2)CC3)C1. The molecule has 1 atom stereocenters. The Morgan fingerprint density at radius 1 is 1.00 bits per heavy atom. The number of piperidine rings is 1. The first kappa shape index (κ1) is 18.0. The number of hydrogen-bond donors (Lipinski definition) is 0. The molecule has 26 heavy (non-hydrogen) atoms. The Hall–Kier alpha value is -1.43. The van der Waals surface area contributed by atoms with E-state index < -0.39 is 0 Å². The van der Waals surface area contributed by atoms with Crippen molar-refractivity contribution in [2.45, 2.75) is 70.3 Å². The van der Waals surface area contributed by atoms with Gasteiger partial charge in [-0.1, -0.05) is 19.3 Å². The van der Waals surface area contributed by atoms with Crippen LogP contribution in [0.25, 0.3) is 0 Å². The molecule has 1 amide bonds. The lowest BCUT2D eigenvalue weighted by atomic mass is 9.86. The van der Waals surface area contributed by atoms with Crippen LogP contribution in [0.4, 0.5) is 0 Å². The average molecular weight is 360 g/mol. The maximum Gasteiger partial charge on any atom is 0.222 e. The minimum Gasteiger partial charge on any atom is -0.340 e. The van der Waals surface area contributed by atoms with Crippen LogP contribution in [0.15, 0.2) is 0 Å². The molecule has 4 rings (SSSR count). The van der Waals surface area contributed by atoms with E-state index in [-0.39, 0.29) is 0 Å². The van der Waals surface area contributed by atoms with Gasteiger partial charge in [0.2, 0.25) is 5.91 Å². The van der Waals surface area contributed by atoms with E-state index in [4.69, 9.17) is 0 Å². The van der Waals surface area contributed by atoms with Crippen molar-refractivity contribution in [2.75, 3.05) is 33.2 Å². The van der Waals surface area contributed by atoms with Gasteiger partial charge in [-0.2, -0.15) is 0 Å². The molecule has 1 aromatic heterocycles. The van der Waals surface area contributed by atoms with E-state index in [1.165, 1.54) is 51.5 Å². The molecule has 1 aliphatic carbocycles. The molecular formula is C20H33N5O. The molecule has 6 nitrogen and oxygen atoms in total. The van der Waals surface area contributed by atoms with Gasteiger partial charge in [0, 0.05) is 44.9 Å². The second-order valence-corrected chi connectivity index (χ2v) is 8.57. The molecule has 3 aliphatic rings. The molecule has 1 aromatic rings. The maximum absolute atomic E-state index is 12.8. The first-order valence-corrected chi connectivity index (χ1v) is 10.6. The van der Waals surface area contributed by atoms with Crippen LogP contribution in [0.2, 0.25) is 0 Å². The standard InChI is InChI=1S/C20H33N5O/c1-23-10-5-8-17(15-23)20-22-21-18-9-11-24(12-13-25(18)20)19(26)14-16-6-3-2-4-7-16/h16-17H,2-15H2,1H3. The van der Waals surface area contributed by atoms with Crippen molar-refractivity contribution in [3.8, 4) is 0 Å². The maximum atomic E-state index is 12.8. The molecule has 0 N–H and O–H groups in total. The van der Waals surface area contributed by atoms with Crippen LogP contribution in [0.5, 0.6) is 0 Å². The number of likely N-dealkylation sites (tertiary alicyclic amines) is 1. The van der Waals surface area contributed by atoms with Gasteiger partial charge in [-0.05, 0) is 45.2 Å². The third-order valence-electron chi connectivity index (χ3n) is 6.59. The van der Waals surface area contributed by atoms with Crippen molar-refractivity contribution in [1.29, 1.82) is 0 Å². The van der Waals surface area contributed by atoms with E-state index in [1.807, 2.05) is 0 Å². The minimum atomic E-state index is 0.356. The summed E-state index contributed by atoms with van der Waals surface area (Å²) in [4.78, 5) is 17.3. The summed E-state index contributed by atoms with van der Waals surface area (Å²) in [5, 5.41) is 9.03. The van der Waals surface area contributed by atoms with Crippen LogP contribution >= 0.6 is 0 Å². The highest BCUT2D eigenvalue weighted by Gasteiger charge is 2.28. The number of amides is 1. The lowest BCUT2D eigenvalue weighted by Gasteiger charge is -2.29. The third-order valence-corrected chi connectivity index (χ3v) is 6.59. The van der Waals surface area contributed by atoms with Crippen molar-refractivity contribution in [3.05, 3.63) is 11.6 Å². The molecule has 2 aliphatic heterocycles. The lowest BCUT2D eigenvalue weighted by molar-refractivity contribution is -0.132. The Bertz CT molecular complexity index is 622. The summed E-state index contributed by atoms with van der Waals surface area (Å²) in [7, 11) is 2.19. The summed E-state index contributed by atoms with van der Waals surface area (Å²) in [6, 6.07) is 0. The fourth-order valence-electron chi connectivity index (χ4n) is 5.04. The molecule has 3 heterocycles. The fourth-order valence-corrected chi connectivity index (χ4v) is 5.04. The van der Waals surface area contributed by atoms with Gasteiger partial charge in [0.15, 0.2) is 0 Å². The zero-order valence-corrected chi connectivity index (χ0v) is 16.2. The van der Waals surface area contributed by atoms with Crippen LogP contribution < -0.4 is 0 Å². The number of carbonyl (C=O) groups excluding carboxylic acids is 1. The predicted octanol–water partition coefficient (Wildman–Crippen LogP) is 2.44. The average Bonchev–Trinajstić information content (AvgIpc) is 2.94. The smallest absolute Gasteiger partial charge is 0.222 e. The Balaban J connectivity index is 1.38. The number of carbonyl (C=O) groups is 1. The molecule has 0 spiro atoms. The molecule has 144 valence electrons. The van der Waals surface area contributed by atoms with E-state index in [1.54, 1.807) is 0 Å². The first-order valence-electron chi connectivity index (χ1n) is 10.6. The largest absolute Gasteiger partial charge is 0.340 e. The molecule has 1 saturated carbocycles. The molecule has 1 saturated heterocycles. The lowest BCUT2D eigenvalue weighted by Crippen LogP contribution is -2.35. The molecule has 0 radical (unpaired) electrons. The summed E-state index contributed by atoms with van der Waals surface area (Å²) in [5.41, 5.74) is 0. The summed E-state index contributed by atoms with van der Waals surface area (Å²) >= 11 is 0. The molecule has 6 heteroatoms. The molecule has 2 fully saturated rings. The van der Waals surface area contributed by atoms with Gasteiger partial charge in [-0.15, -0.1) is 10.2 Å². The van der Waals surface area contributed by atoms with Crippen LogP contribution in [0.1, 0.15) is 68.9 Å². The Morgan fingerprint density at radius 2 is 1.85 bits per heavy atom. The Kier molecular flexibility index (Phi) is 5.57. The molecule has 0 aromatic carbocycles. The van der Waals surface area contributed by atoms with Gasteiger partial charge in [-0.3, -0.25) is 4.79 Å². The third kappa shape index (κ3) is 3.95. The first-order chi connectivity index (χ1) is 12.7. The van der Waals surface area contributed by atoms with E-state index in [0.717, 1.165) is 50.7 Å². The molecule has 1 unspecified atom stereocenters. The van der Waals surface area contributed by atoms with Crippen LogP contribution in [0.3, 0.4) is 0 Å². The van der Waals surface area contributed by atoms with Crippen molar-refractivity contribution in [2.24, 2.45) is 5.92 Å². The number of aromatic nitrogens is 3. The van der Waals surface area contributed by atoms with Gasteiger partial charge < -0.3 is 14.4 Å². The van der Waals surface area contributed by atoms with Gasteiger partial charge in [0.05, 0.1) is 0 Å². The van der Waals surface area contributed by atoms with Crippen LogP contribution in [-0.2, 0) is 17.8 Å². The highest BCUT2D eigenvalue weighted by molar-refractivity contribution is 5.76. The zero-order chi connectivity index (χ0) is 17.9. The second-order valence-electron chi connectivity index (χ2n) is 8.57. The zero-order valence-electron chi connectivity index (χ0n) is 16.2. The number of nitrogens with zero attached hydrogens (tertiary/aromatic N) is 5. The van der Waals surface area contributed by atoms with Crippen molar-refractivity contribution >= 4 is 5.91 Å². The van der Waals surface area contributed by atoms with E-state index in [9.17, 15) is 4.79 Å². The van der Waals surface area contributed by atoms with Gasteiger partial charge in [0.1, 0.15) is 11.6 Å². The predicted molar refractivity (Wildman–Crippen MR) is 101 cm³/mol. The Labute approximate surface area is 156 Å². The van der Waals surface area contributed by atoms with Crippen LogP contribution in [-0.4, -0.2) is 63.7 Å². The number of rotatable bonds is 3. The molecular weight excluding hydrogens is 326 g/mol. The van der Waals surface area contributed by atoms with Crippen molar-refractivity contribution in [1.82, 2.24) is 24.6 Å². The topological polar surface area (TPSA) is 54.3 Å². The quantitative estimate of drug-likeness (QED) is 0.832. The van der Waals surface area contributed by atoms with Gasteiger partial charge >= 0.3 is 0 Å². The van der Waals surface area contributed by atoms with Crippen molar-refractivity contribution in [3.63, 3.8) is 0 Å². The Morgan fingerprint density at radius 3 is 2.65 bits per heavy atom. The number of fused-ring (bicyclic) bond motifs is 1. The van der Waals surface area contributed by atoms with Crippen molar-refractivity contribution < 1.29 is 4.79 Å². The van der Waals surface area contributed by atoms with Crippen LogP contribution in [0, 0.1) is 5.92 Å². The summed E-state index contributed by atoms with van der Waals surface area (Å²) < 4.78 is 2.32. The minimum absolute atomic E-state index is 0.356. The van der Waals surface area contributed by atoms with E-state index >= 15 is 0 Å². The highest BCUT2D eigenvalue weighted by Crippen LogP contribution is 2.28. The number of likely N-dealkylation sites (N-methyl/N-ethyl adjacent to an activating group) is 1. The number of hydrogen-bond acceptors (Lipinski definition) is 4. The fraction of sp³-hybridized carbons (Fsp3) is 0.850. The summed E-state index contributed by atoms with van der Waals surface area (Å²) in [6.07, 6.45) is 10.5. The normalized spacial score (nSPS) is 25.7. The summed E-state index contributed by atoms with van der Waals surface area (Å²) in [5.74, 6) is 3.68. The summed E-state index contributed by atoms with van der Waals surface area (Å²) in [6.45, 7) is 4.72. The van der Waals surface area contributed by atoms with E-state index in [0.29, 0.717) is 17.7 Å². The van der Waals surface area contributed by atoms with E-state index in [2.05, 4.69) is 31.6 Å². The van der Waals surface area contributed by atoms with Gasteiger partial charge in [-0.25, -0.2) is 0 Å². The molecule has 0 bridgehead atoms.